The van der Waals surface area contributed by atoms with Gasteiger partial charge in [-0.3, -0.25) is 4.79 Å². The van der Waals surface area contributed by atoms with Crippen LogP contribution in [0.5, 0.6) is 0 Å². The molecule has 1 saturated heterocycles. The van der Waals surface area contributed by atoms with Gasteiger partial charge in [0.15, 0.2) is 11.5 Å². The van der Waals surface area contributed by atoms with Gasteiger partial charge in [0, 0.05) is 25.9 Å². The minimum absolute atomic E-state index is 0.0199. The number of benzene rings is 1. The van der Waals surface area contributed by atoms with E-state index in [1.165, 1.54) is 11.9 Å². The number of hydrogen-bond acceptors (Lipinski definition) is 7. The molecule has 4 N–H and O–H groups in total. The van der Waals surface area contributed by atoms with Crippen molar-refractivity contribution in [2.45, 2.75) is 38.8 Å². The molecule has 0 unspecified atom stereocenters. The van der Waals surface area contributed by atoms with Crippen LogP contribution in [0.2, 0.25) is 0 Å². The van der Waals surface area contributed by atoms with Gasteiger partial charge in [0.2, 0.25) is 5.91 Å². The Labute approximate surface area is 178 Å². The van der Waals surface area contributed by atoms with Crippen molar-refractivity contribution < 1.29 is 9.90 Å². The molecule has 10 heteroatoms. The molecule has 0 spiro atoms. The van der Waals surface area contributed by atoms with Crippen LogP contribution >= 0.6 is 0 Å². The Bertz CT molecular complexity index is 1290. The average molecular weight is 420 g/mol. The highest BCUT2D eigenvalue weighted by Crippen LogP contribution is 2.27. The summed E-state index contributed by atoms with van der Waals surface area (Å²) in [7, 11) is 0. The Balaban J connectivity index is 1.28. The van der Waals surface area contributed by atoms with Crippen LogP contribution in [0.15, 0.2) is 24.8 Å². The van der Waals surface area contributed by atoms with Crippen LogP contribution in [0.1, 0.15) is 29.4 Å². The Hall–Kier alpha value is -3.53. The van der Waals surface area contributed by atoms with E-state index in [2.05, 4.69) is 44.0 Å². The molecular formula is C21H24N8O2. The molecule has 4 heterocycles. The van der Waals surface area contributed by atoms with E-state index in [4.69, 9.17) is 5.73 Å². The van der Waals surface area contributed by atoms with E-state index in [0.29, 0.717) is 36.4 Å². The molecule has 1 amide bonds. The first kappa shape index (κ1) is 19.4. The number of carbonyl (C=O) groups excluding carboxylic acids is 1. The van der Waals surface area contributed by atoms with E-state index in [9.17, 15) is 9.90 Å². The number of aryl methyl sites for hydroxylation is 3. The summed E-state index contributed by atoms with van der Waals surface area (Å²) < 4.78 is 1.77. The molecular weight excluding hydrogens is 396 g/mol. The van der Waals surface area contributed by atoms with Gasteiger partial charge < -0.3 is 25.3 Å². The predicted octanol–water partition coefficient (Wildman–Crippen LogP) is 1.28. The number of aliphatic hydroxyl groups excluding tert-OH is 1. The molecule has 1 fully saturated rings. The van der Waals surface area contributed by atoms with Crippen LogP contribution in [0.4, 0.5) is 5.82 Å². The maximum atomic E-state index is 12.8. The zero-order chi connectivity index (χ0) is 21.7. The smallest absolute Gasteiger partial charge is 0.223 e. The van der Waals surface area contributed by atoms with E-state index in [0.717, 1.165) is 22.4 Å². The van der Waals surface area contributed by atoms with Gasteiger partial charge in [-0.05, 0) is 31.0 Å². The second-order valence-electron chi connectivity index (χ2n) is 8.18. The molecule has 0 radical (unpaired) electrons. The summed E-state index contributed by atoms with van der Waals surface area (Å²) in [4.78, 5) is 34.9. The zero-order valence-electron chi connectivity index (χ0n) is 17.4. The summed E-state index contributed by atoms with van der Waals surface area (Å²) in [6.07, 6.45) is 3.08. The number of nitrogens with two attached hydrogens (primary N) is 1. The molecule has 2 atom stereocenters. The molecule has 160 valence electrons. The first-order valence-electron chi connectivity index (χ1n) is 10.3. The van der Waals surface area contributed by atoms with Crippen molar-refractivity contribution in [2.75, 3.05) is 18.8 Å². The van der Waals surface area contributed by atoms with Gasteiger partial charge in [0.25, 0.3) is 0 Å². The second kappa shape index (κ2) is 7.31. The van der Waals surface area contributed by atoms with Gasteiger partial charge in [-0.1, -0.05) is 6.07 Å². The highest BCUT2D eigenvalue weighted by atomic mass is 16.3. The number of amides is 1. The third-order valence-electron chi connectivity index (χ3n) is 5.90. The van der Waals surface area contributed by atoms with E-state index >= 15 is 0 Å². The van der Waals surface area contributed by atoms with E-state index in [1.807, 2.05) is 6.92 Å². The van der Waals surface area contributed by atoms with Crippen LogP contribution in [-0.2, 0) is 11.2 Å². The monoisotopic (exact) mass is 420 g/mol. The fourth-order valence-corrected chi connectivity index (χ4v) is 4.38. The number of rotatable bonds is 4. The number of fused-ring (bicyclic) bond motifs is 2. The number of aliphatic hydroxyl groups is 1. The lowest BCUT2D eigenvalue weighted by atomic mass is 10.1. The highest BCUT2D eigenvalue weighted by Gasteiger charge is 2.36. The number of carbonyl (C=O) groups is 1. The van der Waals surface area contributed by atoms with Crippen LogP contribution in [0.25, 0.3) is 22.2 Å². The molecule has 10 nitrogen and oxygen atoms in total. The average Bonchev–Trinajstić information content (AvgIpc) is 3.43. The van der Waals surface area contributed by atoms with E-state index < -0.39 is 6.10 Å². The summed E-state index contributed by atoms with van der Waals surface area (Å²) in [5, 5.41) is 10.6. The van der Waals surface area contributed by atoms with Crippen LogP contribution in [0, 0.1) is 13.8 Å². The Kier molecular flexibility index (Phi) is 4.58. The molecule has 5 rings (SSSR count). The van der Waals surface area contributed by atoms with Gasteiger partial charge in [-0.15, -0.1) is 0 Å². The normalized spacial score (nSPS) is 19.0. The summed E-state index contributed by atoms with van der Waals surface area (Å²) in [5.74, 6) is 1.06. The van der Waals surface area contributed by atoms with Crippen LogP contribution in [0.3, 0.4) is 0 Å². The van der Waals surface area contributed by atoms with Crippen LogP contribution < -0.4 is 5.73 Å². The highest BCUT2D eigenvalue weighted by molar-refractivity contribution is 5.82. The summed E-state index contributed by atoms with van der Waals surface area (Å²) in [6.45, 7) is 4.74. The number of aromatic amines is 1. The zero-order valence-corrected chi connectivity index (χ0v) is 17.4. The van der Waals surface area contributed by atoms with Gasteiger partial charge in [0.05, 0.1) is 29.5 Å². The molecule has 4 aromatic rings. The van der Waals surface area contributed by atoms with E-state index in [-0.39, 0.29) is 18.5 Å². The molecule has 1 aliphatic rings. The topological polar surface area (TPSA) is 139 Å². The number of nitrogens with zero attached hydrogens (tertiary/aromatic N) is 6. The lowest BCUT2D eigenvalue weighted by Crippen LogP contribution is -2.29. The minimum Gasteiger partial charge on any atom is -0.389 e. The second-order valence-corrected chi connectivity index (χ2v) is 8.18. The Morgan fingerprint density at radius 1 is 1.23 bits per heavy atom. The fraction of sp³-hybridized carbons (Fsp3) is 0.381. The number of likely N-dealkylation sites (tertiary alicyclic amines) is 1. The largest absolute Gasteiger partial charge is 0.389 e. The maximum absolute atomic E-state index is 12.8. The summed E-state index contributed by atoms with van der Waals surface area (Å²) in [6, 6.07) is 3.83. The van der Waals surface area contributed by atoms with Gasteiger partial charge in [-0.25, -0.2) is 19.9 Å². The Morgan fingerprint density at radius 2 is 2.06 bits per heavy atom. The van der Waals surface area contributed by atoms with Gasteiger partial charge in [-0.2, -0.15) is 0 Å². The Morgan fingerprint density at radius 3 is 2.90 bits per heavy atom. The number of H-pyrrole nitrogens is 1. The third kappa shape index (κ3) is 3.38. The molecule has 1 aromatic carbocycles. The summed E-state index contributed by atoms with van der Waals surface area (Å²) in [5.41, 5.74) is 11.1. The van der Waals surface area contributed by atoms with Crippen LogP contribution in [-0.4, -0.2) is 64.6 Å². The number of imidazole rings is 2. The SMILES string of the molecule is Cc1cc(C)c2nc(CCC(=O)N3C[C@@H](O)[C@H](n4cnc5c(N)ncnc54)C3)[nH]c2c1. The van der Waals surface area contributed by atoms with Gasteiger partial charge in [0.1, 0.15) is 17.7 Å². The standard InChI is InChI=1S/C21H24N8O2/c1-11-5-12(2)18-13(6-11)26-16(27-18)3-4-17(31)28-7-14(15(30)8-28)29-10-25-19-20(22)23-9-24-21(19)29/h5-6,9-10,14-15,30H,3-4,7-8H2,1-2H3,(H,26,27)(H2,22,23,24)/t14-,15-/m1/s1. The number of nitrogen functional groups attached to an aromatic ring is 1. The van der Waals surface area contributed by atoms with Crippen molar-refractivity contribution in [1.29, 1.82) is 0 Å². The number of β-amino-alcohol motifs (C(OH)–C–C–N with tert-alkyl or cyclic N) is 1. The third-order valence-corrected chi connectivity index (χ3v) is 5.90. The summed E-state index contributed by atoms with van der Waals surface area (Å²) >= 11 is 0. The first-order valence-corrected chi connectivity index (χ1v) is 10.3. The molecule has 31 heavy (non-hydrogen) atoms. The molecule has 0 bridgehead atoms. The van der Waals surface area contributed by atoms with E-state index in [1.54, 1.807) is 15.8 Å². The number of nitrogens with one attached hydrogen (secondary N) is 1. The number of anilines is 1. The van der Waals surface area contributed by atoms with Crippen molar-refractivity contribution in [3.8, 4) is 0 Å². The number of aromatic nitrogens is 6. The van der Waals surface area contributed by atoms with Crippen molar-refractivity contribution in [3.63, 3.8) is 0 Å². The molecule has 3 aromatic heterocycles. The molecule has 0 aliphatic carbocycles. The predicted molar refractivity (Wildman–Crippen MR) is 115 cm³/mol. The lowest BCUT2D eigenvalue weighted by Gasteiger charge is -2.17. The van der Waals surface area contributed by atoms with Crippen molar-refractivity contribution in [3.05, 3.63) is 41.7 Å². The molecule has 0 saturated carbocycles. The number of hydrogen-bond donors (Lipinski definition) is 3. The molecule has 1 aliphatic heterocycles. The minimum atomic E-state index is -0.714. The first-order chi connectivity index (χ1) is 14.9. The van der Waals surface area contributed by atoms with Crippen molar-refractivity contribution in [1.82, 2.24) is 34.4 Å². The fourth-order valence-electron chi connectivity index (χ4n) is 4.38. The maximum Gasteiger partial charge on any atom is 0.223 e. The quantitative estimate of drug-likeness (QED) is 0.452. The van der Waals surface area contributed by atoms with Crippen molar-refractivity contribution >= 4 is 33.9 Å². The van der Waals surface area contributed by atoms with Gasteiger partial charge >= 0.3 is 0 Å². The van der Waals surface area contributed by atoms with Crippen molar-refractivity contribution in [2.24, 2.45) is 0 Å². The lowest BCUT2D eigenvalue weighted by molar-refractivity contribution is -0.130.